The van der Waals surface area contributed by atoms with E-state index in [0.717, 1.165) is 0 Å². The SMILES string of the molecule is NCC(CCC(=O)O)c1cc(F)ccc1Cl. The van der Waals surface area contributed by atoms with Gasteiger partial charge in [0.05, 0.1) is 0 Å². The van der Waals surface area contributed by atoms with Gasteiger partial charge in [-0.2, -0.15) is 0 Å². The molecule has 88 valence electrons. The van der Waals surface area contributed by atoms with Gasteiger partial charge in [0.2, 0.25) is 0 Å². The summed E-state index contributed by atoms with van der Waals surface area (Å²) in [6.07, 6.45) is 0.351. The maximum atomic E-state index is 13.0. The lowest BCUT2D eigenvalue weighted by atomic mass is 9.94. The molecule has 0 aliphatic carbocycles. The fourth-order valence-electron chi connectivity index (χ4n) is 1.53. The molecule has 1 unspecified atom stereocenters. The first-order valence-corrected chi connectivity index (χ1v) is 5.29. The van der Waals surface area contributed by atoms with Crippen LogP contribution < -0.4 is 5.73 Å². The summed E-state index contributed by atoms with van der Waals surface area (Å²) in [7, 11) is 0. The zero-order valence-electron chi connectivity index (χ0n) is 8.62. The first-order chi connectivity index (χ1) is 7.54. The Kier molecular flexibility index (Phi) is 4.71. The van der Waals surface area contributed by atoms with Crippen LogP contribution in [-0.4, -0.2) is 17.6 Å². The van der Waals surface area contributed by atoms with E-state index in [-0.39, 0.29) is 18.9 Å². The summed E-state index contributed by atoms with van der Waals surface area (Å²) < 4.78 is 13.0. The summed E-state index contributed by atoms with van der Waals surface area (Å²) in [5.74, 6) is -1.52. The molecule has 0 aromatic heterocycles. The number of benzene rings is 1. The molecule has 1 rings (SSSR count). The molecule has 3 nitrogen and oxygen atoms in total. The number of carboxylic acid groups (broad SMARTS) is 1. The minimum Gasteiger partial charge on any atom is -0.481 e. The molecule has 0 amide bonds. The van der Waals surface area contributed by atoms with Crippen molar-refractivity contribution in [3.05, 3.63) is 34.6 Å². The van der Waals surface area contributed by atoms with Crippen molar-refractivity contribution in [2.75, 3.05) is 6.54 Å². The van der Waals surface area contributed by atoms with Crippen molar-refractivity contribution >= 4 is 17.6 Å². The second-order valence-electron chi connectivity index (χ2n) is 3.53. The number of rotatable bonds is 5. The third-order valence-electron chi connectivity index (χ3n) is 2.39. The van der Waals surface area contributed by atoms with Gasteiger partial charge >= 0.3 is 5.97 Å². The summed E-state index contributed by atoms with van der Waals surface area (Å²) in [5.41, 5.74) is 6.11. The fraction of sp³-hybridized carbons (Fsp3) is 0.364. The molecule has 0 spiro atoms. The van der Waals surface area contributed by atoms with Gasteiger partial charge in [0, 0.05) is 11.4 Å². The number of hydrogen-bond donors (Lipinski definition) is 2. The van der Waals surface area contributed by atoms with Crippen molar-refractivity contribution in [2.24, 2.45) is 5.73 Å². The third-order valence-corrected chi connectivity index (χ3v) is 2.73. The predicted octanol–water partition coefficient (Wildman–Crippen LogP) is 2.39. The Balaban J connectivity index is 2.85. The first kappa shape index (κ1) is 12.9. The molecular formula is C11H13ClFNO2. The molecule has 5 heteroatoms. The van der Waals surface area contributed by atoms with Gasteiger partial charge in [-0.05, 0) is 42.6 Å². The van der Waals surface area contributed by atoms with E-state index in [1.54, 1.807) is 0 Å². The molecule has 1 aromatic carbocycles. The third kappa shape index (κ3) is 3.47. The number of carbonyl (C=O) groups is 1. The fourth-order valence-corrected chi connectivity index (χ4v) is 1.80. The van der Waals surface area contributed by atoms with E-state index in [0.29, 0.717) is 17.0 Å². The maximum absolute atomic E-state index is 13.0. The van der Waals surface area contributed by atoms with Gasteiger partial charge in [-0.25, -0.2) is 4.39 Å². The highest BCUT2D eigenvalue weighted by atomic mass is 35.5. The highest BCUT2D eigenvalue weighted by Crippen LogP contribution is 2.28. The van der Waals surface area contributed by atoms with Gasteiger partial charge in [-0.15, -0.1) is 0 Å². The van der Waals surface area contributed by atoms with Gasteiger partial charge in [0.1, 0.15) is 5.82 Å². The van der Waals surface area contributed by atoms with E-state index in [2.05, 4.69) is 0 Å². The Morgan fingerprint density at radius 2 is 2.25 bits per heavy atom. The smallest absolute Gasteiger partial charge is 0.303 e. The largest absolute Gasteiger partial charge is 0.481 e. The summed E-state index contributed by atoms with van der Waals surface area (Å²) in [6, 6.07) is 4.02. The van der Waals surface area contributed by atoms with E-state index in [1.165, 1.54) is 18.2 Å². The molecule has 0 heterocycles. The number of halogens is 2. The monoisotopic (exact) mass is 245 g/mol. The molecule has 3 N–H and O–H groups in total. The zero-order valence-corrected chi connectivity index (χ0v) is 9.38. The molecule has 0 saturated heterocycles. The average molecular weight is 246 g/mol. The number of aliphatic carboxylic acids is 1. The van der Waals surface area contributed by atoms with Crippen LogP contribution >= 0.6 is 11.6 Å². The Morgan fingerprint density at radius 1 is 1.56 bits per heavy atom. The summed E-state index contributed by atoms with van der Waals surface area (Å²) in [4.78, 5) is 10.5. The molecule has 0 aliphatic rings. The van der Waals surface area contributed by atoms with Crippen LogP contribution in [0, 0.1) is 5.82 Å². The average Bonchev–Trinajstić information content (AvgIpc) is 2.23. The van der Waals surface area contributed by atoms with E-state index < -0.39 is 11.8 Å². The van der Waals surface area contributed by atoms with Crippen molar-refractivity contribution < 1.29 is 14.3 Å². The van der Waals surface area contributed by atoms with Crippen LogP contribution in [0.1, 0.15) is 24.3 Å². The molecule has 1 atom stereocenters. The van der Waals surface area contributed by atoms with Crippen LogP contribution in [-0.2, 0) is 4.79 Å². The first-order valence-electron chi connectivity index (χ1n) is 4.91. The van der Waals surface area contributed by atoms with Crippen LogP contribution in [0.5, 0.6) is 0 Å². The van der Waals surface area contributed by atoms with Gasteiger partial charge in [0.25, 0.3) is 0 Å². The number of nitrogens with two attached hydrogens (primary N) is 1. The van der Waals surface area contributed by atoms with Crippen molar-refractivity contribution in [3.8, 4) is 0 Å². The van der Waals surface area contributed by atoms with E-state index >= 15 is 0 Å². The van der Waals surface area contributed by atoms with E-state index in [9.17, 15) is 9.18 Å². The number of carboxylic acids is 1. The molecular weight excluding hydrogens is 233 g/mol. The molecule has 16 heavy (non-hydrogen) atoms. The molecule has 0 radical (unpaired) electrons. The Labute approximate surface area is 98.0 Å². The summed E-state index contributed by atoms with van der Waals surface area (Å²) >= 11 is 5.92. The van der Waals surface area contributed by atoms with Gasteiger partial charge < -0.3 is 10.8 Å². The minimum absolute atomic E-state index is 0.00525. The maximum Gasteiger partial charge on any atom is 0.303 e. The summed E-state index contributed by atoms with van der Waals surface area (Å²) in [6.45, 7) is 0.246. The summed E-state index contributed by atoms with van der Waals surface area (Å²) in [5, 5.41) is 9.00. The molecule has 1 aromatic rings. The van der Waals surface area contributed by atoms with Crippen molar-refractivity contribution in [1.29, 1.82) is 0 Å². The number of hydrogen-bond acceptors (Lipinski definition) is 2. The minimum atomic E-state index is -0.897. The van der Waals surface area contributed by atoms with Crippen LogP contribution in [0.4, 0.5) is 4.39 Å². The Morgan fingerprint density at radius 3 is 2.81 bits per heavy atom. The topological polar surface area (TPSA) is 63.3 Å². The normalized spacial score (nSPS) is 12.4. The predicted molar refractivity (Wildman–Crippen MR) is 60.1 cm³/mol. The van der Waals surface area contributed by atoms with Gasteiger partial charge in [-0.3, -0.25) is 4.79 Å². The Bertz CT molecular complexity index is 384. The second-order valence-corrected chi connectivity index (χ2v) is 3.94. The van der Waals surface area contributed by atoms with Gasteiger partial charge in [-0.1, -0.05) is 11.6 Å². The van der Waals surface area contributed by atoms with Crippen LogP contribution in [0.25, 0.3) is 0 Å². The van der Waals surface area contributed by atoms with Gasteiger partial charge in [0.15, 0.2) is 0 Å². The lowest BCUT2D eigenvalue weighted by Gasteiger charge is -2.15. The second kappa shape index (κ2) is 5.82. The lowest BCUT2D eigenvalue weighted by molar-refractivity contribution is -0.137. The van der Waals surface area contributed by atoms with Crippen molar-refractivity contribution in [2.45, 2.75) is 18.8 Å². The molecule has 0 saturated carbocycles. The van der Waals surface area contributed by atoms with Crippen molar-refractivity contribution in [3.63, 3.8) is 0 Å². The van der Waals surface area contributed by atoms with Crippen molar-refractivity contribution in [1.82, 2.24) is 0 Å². The lowest BCUT2D eigenvalue weighted by Crippen LogP contribution is -2.14. The zero-order chi connectivity index (χ0) is 12.1. The van der Waals surface area contributed by atoms with Crippen LogP contribution in [0.3, 0.4) is 0 Å². The van der Waals surface area contributed by atoms with Crippen LogP contribution in [0.2, 0.25) is 5.02 Å². The Hall–Kier alpha value is -1.13. The highest BCUT2D eigenvalue weighted by molar-refractivity contribution is 6.31. The molecule has 0 bridgehead atoms. The molecule has 0 aliphatic heterocycles. The molecule has 0 fully saturated rings. The van der Waals surface area contributed by atoms with E-state index in [4.69, 9.17) is 22.4 Å². The van der Waals surface area contributed by atoms with E-state index in [1.807, 2.05) is 0 Å². The quantitative estimate of drug-likeness (QED) is 0.837. The standard InChI is InChI=1S/C11H13ClFNO2/c12-10-3-2-8(13)5-9(10)7(6-14)1-4-11(15)16/h2-3,5,7H,1,4,6,14H2,(H,15,16). The van der Waals surface area contributed by atoms with Crippen LogP contribution in [0.15, 0.2) is 18.2 Å². The highest BCUT2D eigenvalue weighted by Gasteiger charge is 2.15.